The minimum atomic E-state index is -0.0229. The number of methoxy groups -OCH3 is 3. The summed E-state index contributed by atoms with van der Waals surface area (Å²) in [6.07, 6.45) is 0.943. The van der Waals surface area contributed by atoms with Gasteiger partial charge in [-0.15, -0.1) is 0 Å². The van der Waals surface area contributed by atoms with E-state index in [4.69, 9.17) is 14.2 Å². The van der Waals surface area contributed by atoms with Crippen LogP contribution in [0.1, 0.15) is 36.6 Å². The molecule has 0 bridgehead atoms. The van der Waals surface area contributed by atoms with Gasteiger partial charge in [-0.05, 0) is 36.8 Å². The lowest BCUT2D eigenvalue weighted by molar-refractivity contribution is -0.948. The average Bonchev–Trinajstić information content (AvgIpc) is 2.72. The molecule has 6 heteroatoms. The zero-order chi connectivity index (χ0) is 21.0. The number of fused-ring (bicyclic) bond motifs is 1. The van der Waals surface area contributed by atoms with Gasteiger partial charge in [-0.3, -0.25) is 4.79 Å². The predicted octanol–water partition coefficient (Wildman–Crippen LogP) is 1.92. The topological polar surface area (TPSA) is 61.2 Å². The Labute approximate surface area is 172 Å². The highest BCUT2D eigenvalue weighted by molar-refractivity contribution is 5.73. The molecule has 1 aliphatic heterocycles. The Morgan fingerprint density at radius 2 is 1.86 bits per heavy atom. The molecule has 1 aliphatic rings. The third-order valence-electron chi connectivity index (χ3n) is 5.63. The number of carbonyl (C=O) groups excluding carboxylic acids is 1. The lowest BCUT2D eigenvalue weighted by Crippen LogP contribution is -3.13. The van der Waals surface area contributed by atoms with Crippen LogP contribution in [0.15, 0.2) is 36.4 Å². The fraction of sp³-hybridized carbons (Fsp3) is 0.435. The zero-order valence-electron chi connectivity index (χ0n) is 17.9. The quantitative estimate of drug-likeness (QED) is 0.747. The molecule has 1 heterocycles. The lowest BCUT2D eigenvalue weighted by atomic mass is 9.87. The van der Waals surface area contributed by atoms with Crippen molar-refractivity contribution in [2.75, 3.05) is 27.9 Å². The van der Waals surface area contributed by atoms with Gasteiger partial charge in [0, 0.05) is 24.5 Å². The molecule has 1 amide bonds. The molecule has 6 nitrogen and oxygen atoms in total. The Kier molecular flexibility index (Phi) is 6.64. The first kappa shape index (κ1) is 21.0. The molecule has 3 rings (SSSR count). The van der Waals surface area contributed by atoms with Gasteiger partial charge in [0.05, 0.1) is 33.9 Å². The Hall–Kier alpha value is -2.73. The minimum Gasteiger partial charge on any atom is -0.497 e. The number of rotatable bonds is 7. The maximum Gasteiger partial charge on any atom is 0.217 e. The van der Waals surface area contributed by atoms with Gasteiger partial charge in [-0.1, -0.05) is 12.1 Å². The van der Waals surface area contributed by atoms with E-state index in [9.17, 15) is 4.79 Å². The van der Waals surface area contributed by atoms with E-state index >= 15 is 0 Å². The van der Waals surface area contributed by atoms with E-state index in [0.29, 0.717) is 5.75 Å². The van der Waals surface area contributed by atoms with E-state index in [1.165, 1.54) is 21.6 Å². The second-order valence-corrected chi connectivity index (χ2v) is 7.56. The zero-order valence-corrected chi connectivity index (χ0v) is 17.9. The number of hydrogen-bond acceptors (Lipinski definition) is 4. The summed E-state index contributed by atoms with van der Waals surface area (Å²) in [4.78, 5) is 13.2. The molecule has 1 unspecified atom stereocenters. The second-order valence-electron chi connectivity index (χ2n) is 7.56. The summed E-state index contributed by atoms with van der Waals surface area (Å²) >= 11 is 0. The van der Waals surface area contributed by atoms with Crippen LogP contribution >= 0.6 is 0 Å². The largest absolute Gasteiger partial charge is 0.497 e. The van der Waals surface area contributed by atoms with Crippen molar-refractivity contribution in [3.63, 3.8) is 0 Å². The highest BCUT2D eigenvalue weighted by Crippen LogP contribution is 2.35. The summed E-state index contributed by atoms with van der Waals surface area (Å²) in [6, 6.07) is 12.4. The second kappa shape index (κ2) is 9.18. The van der Waals surface area contributed by atoms with Crippen molar-refractivity contribution in [2.45, 2.75) is 38.9 Å². The molecule has 156 valence electrons. The fourth-order valence-corrected chi connectivity index (χ4v) is 4.38. The summed E-state index contributed by atoms with van der Waals surface area (Å²) in [5, 5.41) is 3.10. The van der Waals surface area contributed by atoms with Crippen molar-refractivity contribution >= 4 is 5.91 Å². The van der Waals surface area contributed by atoms with E-state index in [0.717, 1.165) is 31.0 Å². The molecular formula is C23H31N2O4+. The van der Waals surface area contributed by atoms with Gasteiger partial charge in [0.15, 0.2) is 11.5 Å². The SMILES string of the molecule is COc1cccc(C[NH+]2CCc3cc(OC)c(OC)cc3[C@@H]2[C@@H](C)NC(C)=O)c1. The summed E-state index contributed by atoms with van der Waals surface area (Å²) in [7, 11) is 5.00. The van der Waals surface area contributed by atoms with Gasteiger partial charge >= 0.3 is 0 Å². The number of benzene rings is 2. The monoisotopic (exact) mass is 399 g/mol. The molecule has 0 spiro atoms. The van der Waals surface area contributed by atoms with E-state index in [1.807, 2.05) is 12.1 Å². The summed E-state index contributed by atoms with van der Waals surface area (Å²) in [5.41, 5.74) is 3.66. The van der Waals surface area contributed by atoms with E-state index in [2.05, 4.69) is 36.5 Å². The third kappa shape index (κ3) is 4.65. The van der Waals surface area contributed by atoms with Crippen molar-refractivity contribution in [1.82, 2.24) is 5.32 Å². The van der Waals surface area contributed by atoms with Crippen LogP contribution in [-0.2, 0) is 17.8 Å². The molecule has 29 heavy (non-hydrogen) atoms. The highest BCUT2D eigenvalue weighted by atomic mass is 16.5. The Bertz CT molecular complexity index is 868. The molecule has 0 aliphatic carbocycles. The first-order valence-electron chi connectivity index (χ1n) is 9.96. The normalized spacial score (nSPS) is 19.1. The molecule has 2 aromatic rings. The number of nitrogens with one attached hydrogen (secondary N) is 2. The number of ether oxygens (including phenoxy) is 3. The lowest BCUT2D eigenvalue weighted by Gasteiger charge is -2.38. The van der Waals surface area contributed by atoms with Crippen molar-refractivity contribution in [3.05, 3.63) is 53.1 Å². The maximum absolute atomic E-state index is 11.8. The van der Waals surface area contributed by atoms with Gasteiger partial charge in [0.2, 0.25) is 5.91 Å². The van der Waals surface area contributed by atoms with Crippen LogP contribution in [0.3, 0.4) is 0 Å². The maximum atomic E-state index is 11.8. The Morgan fingerprint density at radius 1 is 1.14 bits per heavy atom. The van der Waals surface area contributed by atoms with Gasteiger partial charge in [-0.25, -0.2) is 0 Å². The number of hydrogen-bond donors (Lipinski definition) is 2. The van der Waals surface area contributed by atoms with Crippen molar-refractivity contribution in [3.8, 4) is 17.2 Å². The first-order chi connectivity index (χ1) is 14.0. The van der Waals surface area contributed by atoms with E-state index < -0.39 is 0 Å². The van der Waals surface area contributed by atoms with Crippen LogP contribution in [0.4, 0.5) is 0 Å². The molecule has 0 saturated carbocycles. The number of quaternary nitrogens is 1. The average molecular weight is 400 g/mol. The van der Waals surface area contributed by atoms with Gasteiger partial charge in [-0.2, -0.15) is 0 Å². The number of amides is 1. The minimum absolute atomic E-state index is 0.0224. The van der Waals surface area contributed by atoms with Gasteiger partial charge in [0.25, 0.3) is 0 Å². The number of carbonyl (C=O) groups is 1. The third-order valence-corrected chi connectivity index (χ3v) is 5.63. The molecule has 0 radical (unpaired) electrons. The molecule has 0 fully saturated rings. The first-order valence-corrected chi connectivity index (χ1v) is 9.96. The highest BCUT2D eigenvalue weighted by Gasteiger charge is 2.36. The fourth-order valence-electron chi connectivity index (χ4n) is 4.38. The van der Waals surface area contributed by atoms with Crippen LogP contribution in [-0.4, -0.2) is 39.8 Å². The summed E-state index contributed by atoms with van der Waals surface area (Å²) in [5.74, 6) is 2.30. The summed E-state index contributed by atoms with van der Waals surface area (Å²) in [6.45, 7) is 5.45. The van der Waals surface area contributed by atoms with Gasteiger partial charge < -0.3 is 24.4 Å². The molecular weight excluding hydrogens is 368 g/mol. The van der Waals surface area contributed by atoms with Crippen molar-refractivity contribution in [1.29, 1.82) is 0 Å². The molecule has 2 aromatic carbocycles. The van der Waals surface area contributed by atoms with E-state index in [-0.39, 0.29) is 18.0 Å². The van der Waals surface area contributed by atoms with E-state index in [1.54, 1.807) is 28.3 Å². The van der Waals surface area contributed by atoms with Crippen molar-refractivity contribution in [2.24, 2.45) is 0 Å². The molecule has 0 aromatic heterocycles. The Balaban J connectivity index is 1.99. The van der Waals surface area contributed by atoms with Crippen LogP contribution in [0.5, 0.6) is 17.2 Å². The van der Waals surface area contributed by atoms with Crippen LogP contribution < -0.4 is 24.4 Å². The molecule has 2 N–H and O–H groups in total. The standard InChI is InChI=1S/C23H30N2O4/c1-15(24-16(2)26)23-20-13-22(29-5)21(28-4)12-18(20)9-10-25(23)14-17-7-6-8-19(11-17)27-3/h6-8,11-13,15,23H,9-10,14H2,1-5H3,(H,24,26)/p+1/t15-,23+/m1/s1. The molecule has 0 saturated heterocycles. The predicted molar refractivity (Wildman–Crippen MR) is 112 cm³/mol. The Morgan fingerprint density at radius 3 is 2.52 bits per heavy atom. The van der Waals surface area contributed by atoms with Crippen LogP contribution in [0.2, 0.25) is 0 Å². The van der Waals surface area contributed by atoms with Crippen LogP contribution in [0, 0.1) is 0 Å². The van der Waals surface area contributed by atoms with Crippen LogP contribution in [0.25, 0.3) is 0 Å². The van der Waals surface area contributed by atoms with Gasteiger partial charge in [0.1, 0.15) is 18.3 Å². The van der Waals surface area contributed by atoms with Crippen molar-refractivity contribution < 1.29 is 23.9 Å². The summed E-state index contributed by atoms with van der Waals surface area (Å²) < 4.78 is 16.4. The molecule has 3 atom stereocenters. The smallest absolute Gasteiger partial charge is 0.217 e.